The molecule has 5 nitrogen and oxygen atoms in total. The van der Waals surface area contributed by atoms with E-state index >= 15 is 0 Å². The summed E-state index contributed by atoms with van der Waals surface area (Å²) in [7, 11) is 0. The Balaban J connectivity index is 1.28. The van der Waals surface area contributed by atoms with E-state index < -0.39 is 0 Å². The fourth-order valence-electron chi connectivity index (χ4n) is 3.11. The number of hydrogen-bond donors (Lipinski definition) is 0. The summed E-state index contributed by atoms with van der Waals surface area (Å²) < 4.78 is 5.79. The maximum atomic E-state index is 5.79. The second-order valence-electron chi connectivity index (χ2n) is 6.21. The van der Waals surface area contributed by atoms with Gasteiger partial charge in [-0.15, -0.1) is 0 Å². The molecule has 25 heavy (non-hydrogen) atoms. The van der Waals surface area contributed by atoms with Crippen molar-refractivity contribution < 1.29 is 4.74 Å². The van der Waals surface area contributed by atoms with Crippen molar-refractivity contribution in [3.8, 4) is 5.75 Å². The molecule has 1 fully saturated rings. The quantitative estimate of drug-likeness (QED) is 0.718. The first-order valence-corrected chi connectivity index (χ1v) is 8.75. The maximum absolute atomic E-state index is 5.79. The van der Waals surface area contributed by atoms with Crippen LogP contribution in [-0.2, 0) is 0 Å². The van der Waals surface area contributed by atoms with Gasteiger partial charge in [0.25, 0.3) is 0 Å². The molecule has 0 aliphatic carbocycles. The third-order valence-electron chi connectivity index (χ3n) is 4.55. The van der Waals surface area contributed by atoms with E-state index in [0.29, 0.717) is 0 Å². The normalized spacial score (nSPS) is 15.4. The molecule has 1 aliphatic heterocycles. The maximum Gasteiger partial charge on any atom is 0.147 e. The predicted molar refractivity (Wildman–Crippen MR) is 100 cm³/mol. The van der Waals surface area contributed by atoms with Crippen molar-refractivity contribution in [2.45, 2.75) is 0 Å². The highest BCUT2D eigenvalue weighted by Gasteiger charge is 2.18. The number of hydrogen-bond acceptors (Lipinski definition) is 5. The molecule has 0 N–H and O–H groups in total. The van der Waals surface area contributed by atoms with Crippen LogP contribution in [-0.4, -0.2) is 54.2 Å². The number of anilines is 1. The number of piperazine rings is 1. The minimum atomic E-state index is 0.722. The first-order valence-electron chi connectivity index (χ1n) is 8.75. The fourth-order valence-corrected chi connectivity index (χ4v) is 3.11. The Labute approximate surface area is 147 Å². The van der Waals surface area contributed by atoms with Crippen LogP contribution < -0.4 is 9.64 Å². The van der Waals surface area contributed by atoms with Gasteiger partial charge in [-0.25, -0.2) is 4.98 Å². The molecule has 0 spiro atoms. The molecule has 4 rings (SSSR count). The second kappa shape index (κ2) is 7.49. The van der Waals surface area contributed by atoms with Crippen LogP contribution in [0.25, 0.3) is 11.0 Å². The molecule has 3 aromatic rings. The Morgan fingerprint density at radius 2 is 1.56 bits per heavy atom. The lowest BCUT2D eigenvalue weighted by Gasteiger charge is -2.35. The number of para-hydroxylation sites is 3. The van der Waals surface area contributed by atoms with Gasteiger partial charge in [-0.05, 0) is 24.3 Å². The van der Waals surface area contributed by atoms with Gasteiger partial charge < -0.3 is 9.64 Å². The third-order valence-corrected chi connectivity index (χ3v) is 4.55. The molecule has 0 saturated carbocycles. The van der Waals surface area contributed by atoms with Gasteiger partial charge in [0.2, 0.25) is 0 Å². The molecule has 0 atom stereocenters. The molecular weight excluding hydrogens is 312 g/mol. The van der Waals surface area contributed by atoms with E-state index in [4.69, 9.17) is 9.72 Å². The summed E-state index contributed by atoms with van der Waals surface area (Å²) in [6.45, 7) is 5.65. The number of fused-ring (bicyclic) bond motifs is 1. The largest absolute Gasteiger partial charge is 0.492 e. The van der Waals surface area contributed by atoms with Gasteiger partial charge in [-0.3, -0.25) is 9.88 Å². The van der Waals surface area contributed by atoms with Crippen molar-refractivity contribution in [2.24, 2.45) is 0 Å². The molecule has 2 heterocycles. The summed E-state index contributed by atoms with van der Waals surface area (Å²) in [6.07, 6.45) is 1.89. The smallest absolute Gasteiger partial charge is 0.147 e. The van der Waals surface area contributed by atoms with E-state index in [-0.39, 0.29) is 0 Å². The van der Waals surface area contributed by atoms with Crippen LogP contribution in [0, 0.1) is 0 Å². The molecular formula is C20H22N4O. The monoisotopic (exact) mass is 334 g/mol. The number of aromatic nitrogens is 2. The summed E-state index contributed by atoms with van der Waals surface area (Å²) in [6, 6.07) is 18.0. The average molecular weight is 334 g/mol. The van der Waals surface area contributed by atoms with E-state index in [1.165, 1.54) is 0 Å². The van der Waals surface area contributed by atoms with E-state index in [0.717, 1.165) is 61.9 Å². The molecule has 1 aromatic heterocycles. The first kappa shape index (κ1) is 15.8. The predicted octanol–water partition coefficient (Wildman–Crippen LogP) is 2.83. The fraction of sp³-hybridized carbons (Fsp3) is 0.300. The second-order valence-corrected chi connectivity index (χ2v) is 6.21. The van der Waals surface area contributed by atoms with Gasteiger partial charge in [0, 0.05) is 32.7 Å². The van der Waals surface area contributed by atoms with E-state index in [9.17, 15) is 0 Å². The summed E-state index contributed by atoms with van der Waals surface area (Å²) in [4.78, 5) is 14.0. The lowest BCUT2D eigenvalue weighted by molar-refractivity contribution is 0.200. The van der Waals surface area contributed by atoms with Crippen molar-refractivity contribution in [3.05, 3.63) is 60.8 Å². The van der Waals surface area contributed by atoms with Gasteiger partial charge >= 0.3 is 0 Å². The average Bonchev–Trinajstić information content (AvgIpc) is 2.69. The van der Waals surface area contributed by atoms with Gasteiger partial charge in [-0.1, -0.05) is 30.3 Å². The Hall–Kier alpha value is -2.66. The molecule has 0 bridgehead atoms. The van der Waals surface area contributed by atoms with Crippen LogP contribution in [0.1, 0.15) is 0 Å². The Kier molecular flexibility index (Phi) is 4.74. The van der Waals surface area contributed by atoms with Crippen LogP contribution >= 0.6 is 0 Å². The van der Waals surface area contributed by atoms with Crippen molar-refractivity contribution >= 4 is 16.9 Å². The SMILES string of the molecule is c1ccc(OCCN2CCN(c3cnc4ccccc4n3)CC2)cc1. The Morgan fingerprint density at radius 1 is 0.840 bits per heavy atom. The van der Waals surface area contributed by atoms with Crippen LogP contribution in [0.4, 0.5) is 5.82 Å². The summed E-state index contributed by atoms with van der Waals surface area (Å²) >= 11 is 0. The summed E-state index contributed by atoms with van der Waals surface area (Å²) in [5, 5.41) is 0. The zero-order valence-electron chi connectivity index (χ0n) is 14.2. The number of benzene rings is 2. The van der Waals surface area contributed by atoms with Crippen molar-refractivity contribution in [3.63, 3.8) is 0 Å². The molecule has 0 radical (unpaired) electrons. The van der Waals surface area contributed by atoms with E-state index in [1.54, 1.807) is 0 Å². The number of nitrogens with zero attached hydrogens (tertiary/aromatic N) is 4. The molecule has 128 valence electrons. The summed E-state index contributed by atoms with van der Waals surface area (Å²) in [5.41, 5.74) is 1.90. The highest BCUT2D eigenvalue weighted by Crippen LogP contribution is 2.17. The van der Waals surface area contributed by atoms with Gasteiger partial charge in [-0.2, -0.15) is 0 Å². The molecule has 2 aromatic carbocycles. The lowest BCUT2D eigenvalue weighted by Crippen LogP contribution is -2.47. The van der Waals surface area contributed by atoms with Crippen molar-refractivity contribution in [2.75, 3.05) is 44.2 Å². The number of ether oxygens (including phenoxy) is 1. The molecule has 0 unspecified atom stereocenters. The number of rotatable bonds is 5. The zero-order valence-corrected chi connectivity index (χ0v) is 14.2. The molecule has 5 heteroatoms. The highest BCUT2D eigenvalue weighted by molar-refractivity contribution is 5.75. The van der Waals surface area contributed by atoms with Crippen LogP contribution in [0.3, 0.4) is 0 Å². The van der Waals surface area contributed by atoms with Crippen LogP contribution in [0.2, 0.25) is 0 Å². The first-order chi connectivity index (χ1) is 12.4. The molecule has 0 amide bonds. The van der Waals surface area contributed by atoms with Crippen LogP contribution in [0.15, 0.2) is 60.8 Å². The Morgan fingerprint density at radius 3 is 2.36 bits per heavy atom. The van der Waals surface area contributed by atoms with E-state index in [1.807, 2.05) is 60.8 Å². The topological polar surface area (TPSA) is 41.5 Å². The van der Waals surface area contributed by atoms with Gasteiger partial charge in [0.15, 0.2) is 0 Å². The minimum absolute atomic E-state index is 0.722. The zero-order chi connectivity index (χ0) is 16.9. The highest BCUT2D eigenvalue weighted by atomic mass is 16.5. The standard InChI is InChI=1S/C20H22N4O/c1-2-6-17(7-3-1)25-15-14-23-10-12-24(13-11-23)20-16-21-18-8-4-5-9-19(18)22-20/h1-9,16H,10-15H2. The summed E-state index contributed by atoms with van der Waals surface area (Å²) in [5.74, 6) is 1.91. The molecule has 1 saturated heterocycles. The van der Waals surface area contributed by atoms with Gasteiger partial charge in [0.05, 0.1) is 17.2 Å². The molecule has 1 aliphatic rings. The minimum Gasteiger partial charge on any atom is -0.492 e. The van der Waals surface area contributed by atoms with Crippen LogP contribution in [0.5, 0.6) is 5.75 Å². The Bertz CT molecular complexity index is 816. The lowest BCUT2D eigenvalue weighted by atomic mass is 10.3. The van der Waals surface area contributed by atoms with E-state index in [2.05, 4.69) is 14.8 Å². The van der Waals surface area contributed by atoms with Crippen molar-refractivity contribution in [1.29, 1.82) is 0 Å². The third kappa shape index (κ3) is 3.88. The van der Waals surface area contributed by atoms with Crippen molar-refractivity contribution in [1.82, 2.24) is 14.9 Å². The van der Waals surface area contributed by atoms with Gasteiger partial charge in [0.1, 0.15) is 18.2 Å².